The van der Waals surface area contributed by atoms with E-state index >= 15 is 0 Å². The van der Waals surface area contributed by atoms with E-state index in [0.717, 1.165) is 39.1 Å². The molecule has 0 radical (unpaired) electrons. The second kappa shape index (κ2) is 8.25. The molecule has 0 saturated heterocycles. The number of rotatable bonds is 3. The Kier molecular flexibility index (Phi) is 4.68. The van der Waals surface area contributed by atoms with Crippen LogP contribution >= 0.6 is 0 Å². The maximum atomic E-state index is 6.32. The molecule has 0 aliphatic heterocycles. The molecular weight excluding hydrogens is 535 g/mol. The van der Waals surface area contributed by atoms with E-state index in [1.165, 1.54) is 30.2 Å². The van der Waals surface area contributed by atoms with Crippen molar-refractivity contribution in [3.8, 4) is 22.9 Å². The van der Waals surface area contributed by atoms with Crippen molar-refractivity contribution in [3.05, 3.63) is 109 Å². The summed E-state index contributed by atoms with van der Waals surface area (Å²) in [6.45, 7) is 2.05. The number of aromatic nitrogens is 4. The standard InChI is InChI=1S/C32H20N4OSe/c1-19-12-14-25-24-8-4-9-26(31(24)38-32(25)34-19)27-10-5-11-30(35-27)37-20-13-15-23-21-6-2-3-7-22(21)28-16-17-33-36(28)29(23)18-20/h2-18H,1H3. The van der Waals surface area contributed by atoms with Crippen LogP contribution in [0.5, 0.6) is 11.6 Å². The summed E-state index contributed by atoms with van der Waals surface area (Å²) in [5.74, 6) is 1.29. The molecule has 0 aliphatic carbocycles. The number of aryl methyl sites for hydroxylation is 1. The molecule has 5 heterocycles. The van der Waals surface area contributed by atoms with Crippen molar-refractivity contribution in [3.63, 3.8) is 0 Å². The zero-order chi connectivity index (χ0) is 25.2. The fourth-order valence-electron chi connectivity index (χ4n) is 5.33. The third-order valence-corrected chi connectivity index (χ3v) is 9.47. The molecule has 3 aromatic carbocycles. The first-order valence-corrected chi connectivity index (χ1v) is 14.2. The van der Waals surface area contributed by atoms with Gasteiger partial charge in [-0.25, -0.2) is 0 Å². The summed E-state index contributed by atoms with van der Waals surface area (Å²) in [7, 11) is 0. The normalized spacial score (nSPS) is 11.8. The molecule has 8 rings (SSSR count). The van der Waals surface area contributed by atoms with Gasteiger partial charge < -0.3 is 0 Å². The number of fused-ring (bicyclic) bond motifs is 9. The quantitative estimate of drug-likeness (QED) is 0.167. The van der Waals surface area contributed by atoms with Crippen molar-refractivity contribution in [2.45, 2.75) is 6.92 Å². The topological polar surface area (TPSA) is 52.3 Å². The van der Waals surface area contributed by atoms with E-state index in [2.05, 4.69) is 84.8 Å². The Morgan fingerprint density at radius 1 is 0.684 bits per heavy atom. The summed E-state index contributed by atoms with van der Waals surface area (Å²) >= 11 is 0.141. The Bertz CT molecular complexity index is 2190. The molecule has 0 spiro atoms. The number of nitrogens with zero attached hydrogens (tertiary/aromatic N) is 4. The van der Waals surface area contributed by atoms with Crippen LogP contribution in [0.15, 0.2) is 103 Å². The third kappa shape index (κ3) is 3.28. The molecule has 0 saturated carbocycles. The summed E-state index contributed by atoms with van der Waals surface area (Å²) in [4.78, 5) is 9.74. The molecule has 38 heavy (non-hydrogen) atoms. The summed E-state index contributed by atoms with van der Waals surface area (Å²) in [6.07, 6.45) is 1.84. The summed E-state index contributed by atoms with van der Waals surface area (Å²) in [6, 6.07) is 33.4. The predicted molar refractivity (Wildman–Crippen MR) is 154 cm³/mol. The van der Waals surface area contributed by atoms with Crippen molar-refractivity contribution >= 4 is 61.1 Å². The van der Waals surface area contributed by atoms with Crippen molar-refractivity contribution < 1.29 is 4.74 Å². The average Bonchev–Trinajstić information content (AvgIpc) is 3.58. The molecule has 0 aliphatic rings. The Balaban J connectivity index is 1.23. The van der Waals surface area contributed by atoms with E-state index in [0.29, 0.717) is 5.88 Å². The van der Waals surface area contributed by atoms with Gasteiger partial charge in [-0.1, -0.05) is 18.2 Å². The van der Waals surface area contributed by atoms with Gasteiger partial charge in [-0.3, -0.25) is 0 Å². The second-order valence-corrected chi connectivity index (χ2v) is 11.5. The molecular formula is C32H20N4OSe. The Labute approximate surface area is 223 Å². The summed E-state index contributed by atoms with van der Waals surface area (Å²) in [5, 5.41) is 10.6. The second-order valence-electron chi connectivity index (χ2n) is 9.41. The van der Waals surface area contributed by atoms with Gasteiger partial charge >= 0.3 is 206 Å². The first-order valence-electron chi connectivity index (χ1n) is 12.5. The molecule has 5 nitrogen and oxygen atoms in total. The Morgan fingerprint density at radius 2 is 1.50 bits per heavy atom. The Morgan fingerprint density at radius 3 is 2.45 bits per heavy atom. The number of hydrogen-bond donors (Lipinski definition) is 0. The van der Waals surface area contributed by atoms with Gasteiger partial charge in [0.15, 0.2) is 0 Å². The fourth-order valence-corrected chi connectivity index (χ4v) is 7.94. The van der Waals surface area contributed by atoms with Crippen LogP contribution in [0.4, 0.5) is 0 Å². The molecule has 6 heteroatoms. The maximum absolute atomic E-state index is 6.32. The van der Waals surface area contributed by atoms with Crippen LogP contribution in [0.3, 0.4) is 0 Å². The van der Waals surface area contributed by atoms with Gasteiger partial charge in [0.2, 0.25) is 0 Å². The number of benzene rings is 3. The van der Waals surface area contributed by atoms with Crippen LogP contribution in [-0.4, -0.2) is 34.1 Å². The predicted octanol–water partition coefficient (Wildman–Crippen LogP) is 7.56. The number of ether oxygens (including phenoxy) is 1. The van der Waals surface area contributed by atoms with Crippen LogP contribution in [0.25, 0.3) is 57.9 Å². The average molecular weight is 555 g/mol. The van der Waals surface area contributed by atoms with Crippen LogP contribution in [-0.2, 0) is 0 Å². The van der Waals surface area contributed by atoms with Gasteiger partial charge in [0.1, 0.15) is 0 Å². The van der Waals surface area contributed by atoms with Crippen molar-refractivity contribution in [2.75, 3.05) is 0 Å². The minimum absolute atomic E-state index is 0.141. The molecule has 0 fully saturated rings. The first-order chi connectivity index (χ1) is 18.7. The van der Waals surface area contributed by atoms with Crippen molar-refractivity contribution in [2.24, 2.45) is 0 Å². The van der Waals surface area contributed by atoms with Crippen LogP contribution in [0, 0.1) is 6.92 Å². The first kappa shape index (κ1) is 21.6. The van der Waals surface area contributed by atoms with Crippen LogP contribution in [0.1, 0.15) is 5.69 Å². The molecule has 180 valence electrons. The molecule has 0 bridgehead atoms. The van der Waals surface area contributed by atoms with Crippen molar-refractivity contribution in [1.29, 1.82) is 0 Å². The van der Waals surface area contributed by atoms with E-state index < -0.39 is 0 Å². The third-order valence-electron chi connectivity index (χ3n) is 7.06. The molecule has 5 aromatic heterocycles. The van der Waals surface area contributed by atoms with Gasteiger partial charge in [0.25, 0.3) is 0 Å². The number of hydrogen-bond acceptors (Lipinski definition) is 4. The Hall–Kier alpha value is -4.51. The summed E-state index contributed by atoms with van der Waals surface area (Å²) in [5.41, 5.74) is 5.19. The zero-order valence-corrected chi connectivity index (χ0v) is 22.1. The van der Waals surface area contributed by atoms with Crippen molar-refractivity contribution in [1.82, 2.24) is 19.6 Å². The molecule has 8 aromatic rings. The summed E-state index contributed by atoms with van der Waals surface area (Å²) < 4.78 is 10.8. The van der Waals surface area contributed by atoms with Gasteiger partial charge in [-0.15, -0.1) is 0 Å². The van der Waals surface area contributed by atoms with E-state index in [1.807, 2.05) is 35.0 Å². The van der Waals surface area contributed by atoms with E-state index in [1.54, 1.807) is 0 Å². The van der Waals surface area contributed by atoms with Gasteiger partial charge in [-0.2, -0.15) is 0 Å². The SMILES string of the molecule is Cc1ccc2c(n1)[se]c1c(-c3cccc(Oc4ccc5c6ccccc6c6ccnn6c5c4)n3)cccc12. The monoisotopic (exact) mass is 556 g/mol. The molecule has 0 amide bonds. The molecule has 0 unspecified atom stereocenters. The van der Waals surface area contributed by atoms with Crippen LogP contribution < -0.4 is 4.74 Å². The fraction of sp³-hybridized carbons (Fsp3) is 0.0312. The van der Waals surface area contributed by atoms with Gasteiger partial charge in [0.05, 0.1) is 0 Å². The van der Waals surface area contributed by atoms with E-state index in [-0.39, 0.29) is 14.5 Å². The van der Waals surface area contributed by atoms with Gasteiger partial charge in [-0.05, 0) is 0 Å². The number of pyridine rings is 3. The minimum atomic E-state index is 0.141. The molecule has 0 N–H and O–H groups in total. The molecule has 0 atom stereocenters. The van der Waals surface area contributed by atoms with E-state index in [4.69, 9.17) is 14.7 Å². The van der Waals surface area contributed by atoms with Crippen LogP contribution in [0.2, 0.25) is 0 Å². The van der Waals surface area contributed by atoms with E-state index in [9.17, 15) is 0 Å². The van der Waals surface area contributed by atoms with Gasteiger partial charge in [0, 0.05) is 0 Å². The zero-order valence-electron chi connectivity index (χ0n) is 20.4.